The molecule has 3 heteroatoms. The number of allylic oxidation sites excluding steroid dienone is 6. The van der Waals surface area contributed by atoms with Gasteiger partial charge in [-0.05, 0) is 42.5 Å². The summed E-state index contributed by atoms with van der Waals surface area (Å²) in [6.45, 7) is 0. The van der Waals surface area contributed by atoms with E-state index >= 15 is 0 Å². The fourth-order valence-electron chi connectivity index (χ4n) is 4.00. The smallest absolute Gasteiger partial charge is 0.138 e. The number of hydrogen-bond acceptors (Lipinski definition) is 1. The van der Waals surface area contributed by atoms with Crippen LogP contribution in [0.1, 0.15) is 35.6 Å². The van der Waals surface area contributed by atoms with Crippen molar-refractivity contribution in [1.82, 2.24) is 4.57 Å². The molecule has 0 saturated heterocycles. The minimum absolute atomic E-state index is 0.249. The minimum atomic E-state index is 0.249. The molecule has 2 aromatic rings. The maximum absolute atomic E-state index is 6.66. The largest absolute Gasteiger partial charge is 0.314 e. The average molecular weight is 333 g/mol. The number of nitrogens with zero attached hydrogens (tertiary/aromatic N) is 2. The molecule has 0 spiro atoms. The van der Waals surface area contributed by atoms with Crippen LogP contribution in [0.25, 0.3) is 11.3 Å². The molecule has 118 valence electrons. The summed E-state index contributed by atoms with van der Waals surface area (Å²) in [4.78, 5) is 4.89. The maximum Gasteiger partial charge on any atom is 0.138 e. The third kappa shape index (κ3) is 1.99. The Balaban J connectivity index is 1.77. The Bertz CT molecular complexity index is 941. The van der Waals surface area contributed by atoms with Gasteiger partial charge in [0, 0.05) is 17.7 Å². The Kier molecular flexibility index (Phi) is 3.14. The summed E-state index contributed by atoms with van der Waals surface area (Å²) in [5.41, 5.74) is 7.18. The first kappa shape index (κ1) is 14.1. The predicted molar refractivity (Wildman–Crippen MR) is 100 cm³/mol. The van der Waals surface area contributed by atoms with Gasteiger partial charge in [0.15, 0.2) is 0 Å². The molecule has 1 aliphatic heterocycles. The van der Waals surface area contributed by atoms with E-state index in [2.05, 4.69) is 65.4 Å². The zero-order chi connectivity index (χ0) is 16.1. The number of aliphatic imine (C=N–C) groups is 1. The highest BCUT2D eigenvalue weighted by Crippen LogP contribution is 2.42. The van der Waals surface area contributed by atoms with Gasteiger partial charge in [-0.3, -0.25) is 0 Å². The Morgan fingerprint density at radius 1 is 1.12 bits per heavy atom. The summed E-state index contributed by atoms with van der Waals surface area (Å²) in [7, 11) is 0. The molecule has 0 N–H and O–H groups in total. The normalized spacial score (nSPS) is 21.6. The average Bonchev–Trinajstić information content (AvgIpc) is 3.01. The van der Waals surface area contributed by atoms with Crippen LogP contribution in [0.4, 0.5) is 0 Å². The van der Waals surface area contributed by atoms with Gasteiger partial charge in [0.25, 0.3) is 0 Å². The first-order valence-corrected chi connectivity index (χ1v) is 8.82. The zero-order valence-electron chi connectivity index (χ0n) is 13.2. The van der Waals surface area contributed by atoms with Crippen LogP contribution in [0.3, 0.4) is 0 Å². The SMILES string of the molecule is ClC1=NC2=C(C=CCC2c2ccccc2)n2ccc3c2C1=CCC3. The van der Waals surface area contributed by atoms with E-state index in [0.717, 1.165) is 36.2 Å². The Morgan fingerprint density at radius 2 is 2.00 bits per heavy atom. The lowest BCUT2D eigenvalue weighted by Gasteiger charge is -2.23. The highest BCUT2D eigenvalue weighted by molar-refractivity contribution is 6.76. The lowest BCUT2D eigenvalue weighted by Crippen LogP contribution is -2.10. The fourth-order valence-corrected chi connectivity index (χ4v) is 4.26. The molecule has 2 heterocycles. The molecule has 0 bridgehead atoms. The number of aryl methyl sites for hydroxylation is 1. The molecule has 1 aromatic heterocycles. The van der Waals surface area contributed by atoms with Crippen LogP contribution in [0.5, 0.6) is 0 Å². The van der Waals surface area contributed by atoms with Crippen molar-refractivity contribution in [1.29, 1.82) is 0 Å². The lowest BCUT2D eigenvalue weighted by molar-refractivity contribution is 0.781. The number of benzene rings is 1. The van der Waals surface area contributed by atoms with E-state index < -0.39 is 0 Å². The van der Waals surface area contributed by atoms with Crippen molar-refractivity contribution < 1.29 is 0 Å². The maximum atomic E-state index is 6.66. The van der Waals surface area contributed by atoms with Crippen molar-refractivity contribution in [3.63, 3.8) is 0 Å². The van der Waals surface area contributed by atoms with Crippen LogP contribution in [0.2, 0.25) is 0 Å². The monoisotopic (exact) mass is 332 g/mol. The molecule has 2 aliphatic carbocycles. The summed E-state index contributed by atoms with van der Waals surface area (Å²) < 4.78 is 2.28. The first-order valence-electron chi connectivity index (χ1n) is 8.44. The molecule has 2 nitrogen and oxygen atoms in total. The van der Waals surface area contributed by atoms with Gasteiger partial charge < -0.3 is 4.57 Å². The van der Waals surface area contributed by atoms with Crippen LogP contribution in [-0.4, -0.2) is 9.74 Å². The Labute approximate surface area is 146 Å². The van der Waals surface area contributed by atoms with E-state index in [9.17, 15) is 0 Å². The van der Waals surface area contributed by atoms with Crippen LogP contribution in [0, 0.1) is 0 Å². The van der Waals surface area contributed by atoms with Gasteiger partial charge in [-0.25, -0.2) is 4.99 Å². The van der Waals surface area contributed by atoms with Crippen molar-refractivity contribution in [3.8, 4) is 0 Å². The number of fused-ring (bicyclic) bond motifs is 1. The van der Waals surface area contributed by atoms with Crippen molar-refractivity contribution in [2.45, 2.75) is 25.2 Å². The van der Waals surface area contributed by atoms with E-state index in [1.54, 1.807) is 0 Å². The molecule has 1 aromatic carbocycles. The topological polar surface area (TPSA) is 17.3 Å². The van der Waals surface area contributed by atoms with Gasteiger partial charge in [-0.2, -0.15) is 0 Å². The molecule has 5 rings (SSSR count). The van der Waals surface area contributed by atoms with Crippen molar-refractivity contribution in [2.75, 3.05) is 0 Å². The Hall–Kier alpha value is -2.32. The zero-order valence-corrected chi connectivity index (χ0v) is 14.0. The van der Waals surface area contributed by atoms with E-state index in [1.165, 1.54) is 16.8 Å². The molecule has 1 unspecified atom stereocenters. The van der Waals surface area contributed by atoms with Crippen LogP contribution >= 0.6 is 11.6 Å². The predicted octanol–water partition coefficient (Wildman–Crippen LogP) is 5.38. The molecule has 0 radical (unpaired) electrons. The van der Waals surface area contributed by atoms with Gasteiger partial charge in [-0.1, -0.05) is 54.1 Å². The standard InChI is InChI=1S/C21H17ClN2/c22-21-17-10-4-8-15-12-13-24(20(15)17)18-11-5-9-16(19(18)23-21)14-6-2-1-3-7-14/h1-3,5-7,10-13,16H,4,8-9H2. The highest BCUT2D eigenvalue weighted by atomic mass is 35.5. The summed E-state index contributed by atoms with van der Waals surface area (Å²) in [6, 6.07) is 12.8. The third-order valence-electron chi connectivity index (χ3n) is 5.13. The molecule has 3 aliphatic rings. The van der Waals surface area contributed by atoms with Gasteiger partial charge in [-0.15, -0.1) is 0 Å². The number of halogens is 1. The second kappa shape index (κ2) is 5.35. The Morgan fingerprint density at radius 3 is 2.88 bits per heavy atom. The summed E-state index contributed by atoms with van der Waals surface area (Å²) in [5.74, 6) is 0.249. The minimum Gasteiger partial charge on any atom is -0.314 e. The first-order chi connectivity index (χ1) is 11.8. The molecule has 0 saturated carbocycles. The quantitative estimate of drug-likeness (QED) is 0.667. The number of rotatable bonds is 1. The molecule has 0 fully saturated rings. The van der Waals surface area contributed by atoms with Crippen LogP contribution in [0.15, 0.2) is 71.5 Å². The van der Waals surface area contributed by atoms with Crippen LogP contribution in [-0.2, 0) is 6.42 Å². The lowest BCUT2D eigenvalue weighted by atomic mass is 9.88. The van der Waals surface area contributed by atoms with Crippen molar-refractivity contribution in [3.05, 3.63) is 83.3 Å². The molecular formula is C21H17ClN2. The highest BCUT2D eigenvalue weighted by Gasteiger charge is 2.30. The molecular weight excluding hydrogens is 316 g/mol. The van der Waals surface area contributed by atoms with E-state index in [1.807, 2.05) is 0 Å². The summed E-state index contributed by atoms with van der Waals surface area (Å²) in [6.07, 6.45) is 11.9. The molecule has 24 heavy (non-hydrogen) atoms. The van der Waals surface area contributed by atoms with Gasteiger partial charge in [0.2, 0.25) is 0 Å². The second-order valence-electron chi connectivity index (χ2n) is 6.49. The van der Waals surface area contributed by atoms with Crippen LogP contribution < -0.4 is 0 Å². The third-order valence-corrected chi connectivity index (χ3v) is 5.42. The second-order valence-corrected chi connectivity index (χ2v) is 6.85. The van der Waals surface area contributed by atoms with Gasteiger partial charge >= 0.3 is 0 Å². The van der Waals surface area contributed by atoms with Gasteiger partial charge in [0.1, 0.15) is 5.17 Å². The molecule has 0 amide bonds. The summed E-state index contributed by atoms with van der Waals surface area (Å²) >= 11 is 6.66. The van der Waals surface area contributed by atoms with E-state index in [-0.39, 0.29) is 5.92 Å². The van der Waals surface area contributed by atoms with E-state index in [0.29, 0.717) is 5.17 Å². The van der Waals surface area contributed by atoms with Crippen molar-refractivity contribution >= 4 is 28.0 Å². The summed E-state index contributed by atoms with van der Waals surface area (Å²) in [5, 5.41) is 0.622. The number of hydrogen-bond donors (Lipinski definition) is 0. The van der Waals surface area contributed by atoms with Gasteiger partial charge in [0.05, 0.1) is 17.1 Å². The molecule has 1 atom stereocenters. The van der Waals surface area contributed by atoms with E-state index in [4.69, 9.17) is 16.6 Å². The fraction of sp³-hybridized carbons (Fsp3) is 0.190. The number of aromatic nitrogens is 1. The van der Waals surface area contributed by atoms with Crippen molar-refractivity contribution in [2.24, 2.45) is 4.99 Å².